The molecule has 2 fully saturated rings. The maximum absolute atomic E-state index is 5.47. The summed E-state index contributed by atoms with van der Waals surface area (Å²) in [7, 11) is 1.54. The molecule has 0 aromatic rings. The summed E-state index contributed by atoms with van der Waals surface area (Å²) in [5.41, 5.74) is 0. The van der Waals surface area contributed by atoms with Crippen LogP contribution in [0.4, 0.5) is 0 Å². The normalized spacial score (nSPS) is 34.2. The smallest absolute Gasteiger partial charge is 0.303 e. The van der Waals surface area contributed by atoms with E-state index in [9.17, 15) is 0 Å². The Morgan fingerprint density at radius 3 is 2.58 bits per heavy atom. The fourth-order valence-corrected chi connectivity index (χ4v) is 1.72. The highest BCUT2D eigenvalue weighted by atomic mass is 17.3. The lowest BCUT2D eigenvalue weighted by Gasteiger charge is -2.28. The number of rotatable bonds is 1. The van der Waals surface area contributed by atoms with Crippen LogP contribution >= 0.6 is 0 Å². The average molecular weight is 174 g/mol. The molecule has 1 heterocycles. The fourth-order valence-electron chi connectivity index (χ4n) is 1.72. The van der Waals surface area contributed by atoms with Crippen LogP contribution in [0, 0.1) is 0 Å². The molecule has 1 saturated heterocycles. The highest BCUT2D eigenvalue weighted by molar-refractivity contribution is 4.75. The van der Waals surface area contributed by atoms with Gasteiger partial charge < -0.3 is 4.74 Å². The zero-order valence-corrected chi connectivity index (χ0v) is 7.25. The van der Waals surface area contributed by atoms with Gasteiger partial charge >= 0.3 is 6.48 Å². The van der Waals surface area contributed by atoms with Gasteiger partial charge in [0.15, 0.2) is 0 Å². The molecular formula is C8H14O4. The molecule has 2 aliphatic rings. The molecule has 4 nitrogen and oxygen atoms in total. The molecule has 12 heavy (non-hydrogen) atoms. The zero-order chi connectivity index (χ0) is 8.44. The van der Waals surface area contributed by atoms with E-state index in [2.05, 4.69) is 0 Å². The molecule has 1 unspecified atom stereocenters. The molecule has 0 radical (unpaired) electrons. The maximum Gasteiger partial charge on any atom is 0.303 e. The van der Waals surface area contributed by atoms with Gasteiger partial charge in [0.1, 0.15) is 0 Å². The van der Waals surface area contributed by atoms with Crippen molar-refractivity contribution in [3.63, 3.8) is 0 Å². The summed E-state index contributed by atoms with van der Waals surface area (Å²) in [5.74, 6) is -0.501. The Bertz CT molecular complexity index is 153. The van der Waals surface area contributed by atoms with E-state index in [4.69, 9.17) is 19.2 Å². The van der Waals surface area contributed by atoms with Crippen LogP contribution in [0.2, 0.25) is 0 Å². The second-order valence-corrected chi connectivity index (χ2v) is 3.29. The van der Waals surface area contributed by atoms with Crippen molar-refractivity contribution in [3.05, 3.63) is 0 Å². The summed E-state index contributed by atoms with van der Waals surface area (Å²) in [6, 6.07) is 0. The monoisotopic (exact) mass is 174 g/mol. The van der Waals surface area contributed by atoms with Gasteiger partial charge in [-0.05, 0) is 12.8 Å². The Labute approximate surface area is 71.7 Å². The quantitative estimate of drug-likeness (QED) is 0.565. The predicted octanol–water partition coefficient (Wildman–Crippen LogP) is 1.56. The van der Waals surface area contributed by atoms with Gasteiger partial charge in [-0.25, -0.2) is 0 Å². The minimum absolute atomic E-state index is 0.501. The third kappa shape index (κ3) is 1.47. The molecule has 1 saturated carbocycles. The van der Waals surface area contributed by atoms with E-state index in [0.29, 0.717) is 0 Å². The Balaban J connectivity index is 1.94. The molecule has 70 valence electrons. The Hall–Kier alpha value is -0.160. The topological polar surface area (TPSA) is 36.9 Å². The summed E-state index contributed by atoms with van der Waals surface area (Å²) < 4.78 is 10.3. The molecule has 0 amide bonds. The molecule has 1 spiro atoms. The highest BCUT2D eigenvalue weighted by Crippen LogP contribution is 2.38. The molecule has 4 heteroatoms. The minimum atomic E-state index is -0.636. The van der Waals surface area contributed by atoms with Gasteiger partial charge in [-0.15, -0.1) is 0 Å². The van der Waals surface area contributed by atoms with Crippen molar-refractivity contribution >= 4 is 0 Å². The van der Waals surface area contributed by atoms with Gasteiger partial charge in [-0.1, -0.05) is 6.42 Å². The van der Waals surface area contributed by atoms with Crippen LogP contribution in [-0.2, 0) is 19.2 Å². The molecule has 1 atom stereocenters. The maximum atomic E-state index is 5.47. The lowest BCUT2D eigenvalue weighted by Crippen LogP contribution is -2.33. The molecule has 1 aliphatic carbocycles. The first-order valence-electron chi connectivity index (χ1n) is 4.40. The van der Waals surface area contributed by atoms with E-state index >= 15 is 0 Å². The fraction of sp³-hybridized carbons (Fsp3) is 1.00. The largest absolute Gasteiger partial charge is 0.331 e. The van der Waals surface area contributed by atoms with Gasteiger partial charge in [-0.3, -0.25) is 4.74 Å². The van der Waals surface area contributed by atoms with Gasteiger partial charge in [0, 0.05) is 20.0 Å². The molecular weight excluding hydrogens is 160 g/mol. The van der Waals surface area contributed by atoms with Crippen molar-refractivity contribution in [3.8, 4) is 0 Å². The summed E-state index contributed by atoms with van der Waals surface area (Å²) in [6.07, 6.45) is 5.35. The van der Waals surface area contributed by atoms with Crippen molar-refractivity contribution in [2.75, 3.05) is 7.11 Å². The Kier molecular flexibility index (Phi) is 2.32. The molecule has 2 rings (SSSR count). The van der Waals surface area contributed by atoms with Crippen LogP contribution in [-0.4, -0.2) is 19.4 Å². The number of hydrogen-bond donors (Lipinski definition) is 0. The van der Waals surface area contributed by atoms with Crippen LogP contribution < -0.4 is 0 Å². The second-order valence-electron chi connectivity index (χ2n) is 3.29. The van der Waals surface area contributed by atoms with Crippen LogP contribution in [0.1, 0.15) is 32.1 Å². The third-order valence-corrected chi connectivity index (χ3v) is 2.40. The molecule has 0 aromatic heterocycles. The van der Waals surface area contributed by atoms with Crippen LogP contribution in [0.3, 0.4) is 0 Å². The van der Waals surface area contributed by atoms with Gasteiger partial charge in [0.25, 0.3) is 0 Å². The van der Waals surface area contributed by atoms with Gasteiger partial charge in [0.2, 0.25) is 5.79 Å². The van der Waals surface area contributed by atoms with Crippen LogP contribution in [0.25, 0.3) is 0 Å². The van der Waals surface area contributed by atoms with Crippen molar-refractivity contribution in [2.24, 2.45) is 0 Å². The molecule has 0 bridgehead atoms. The van der Waals surface area contributed by atoms with Crippen LogP contribution in [0.5, 0.6) is 0 Å². The third-order valence-electron chi connectivity index (χ3n) is 2.40. The van der Waals surface area contributed by atoms with Crippen molar-refractivity contribution in [1.82, 2.24) is 0 Å². The van der Waals surface area contributed by atoms with Gasteiger partial charge in [0.05, 0.1) is 0 Å². The van der Waals surface area contributed by atoms with E-state index in [1.165, 1.54) is 13.5 Å². The van der Waals surface area contributed by atoms with E-state index in [1.807, 2.05) is 0 Å². The zero-order valence-electron chi connectivity index (χ0n) is 7.25. The first-order chi connectivity index (χ1) is 5.85. The summed E-state index contributed by atoms with van der Waals surface area (Å²) in [6.45, 7) is -0.636. The summed E-state index contributed by atoms with van der Waals surface area (Å²) in [4.78, 5) is 9.99. The molecule has 0 aromatic carbocycles. The van der Waals surface area contributed by atoms with E-state index < -0.39 is 12.3 Å². The highest BCUT2D eigenvalue weighted by Gasteiger charge is 2.44. The predicted molar refractivity (Wildman–Crippen MR) is 39.9 cm³/mol. The molecule has 1 aliphatic heterocycles. The lowest BCUT2D eigenvalue weighted by molar-refractivity contribution is -0.362. The van der Waals surface area contributed by atoms with Crippen molar-refractivity contribution < 1.29 is 19.2 Å². The standard InChI is InChI=1S/C8H14O4/c1-9-7-10-8(12-11-7)5-3-2-4-6-8/h7H,2-6H2,1H3. The summed E-state index contributed by atoms with van der Waals surface area (Å²) >= 11 is 0. The van der Waals surface area contributed by atoms with Gasteiger partial charge in [-0.2, -0.15) is 9.78 Å². The second kappa shape index (κ2) is 3.30. The molecule has 0 N–H and O–H groups in total. The van der Waals surface area contributed by atoms with Crippen LogP contribution in [0.15, 0.2) is 0 Å². The van der Waals surface area contributed by atoms with E-state index in [0.717, 1.165) is 25.7 Å². The Morgan fingerprint density at radius 2 is 2.00 bits per heavy atom. The van der Waals surface area contributed by atoms with Crippen molar-refractivity contribution in [1.29, 1.82) is 0 Å². The first-order valence-corrected chi connectivity index (χ1v) is 4.40. The Morgan fingerprint density at radius 1 is 1.25 bits per heavy atom. The number of methoxy groups -OCH3 is 1. The summed E-state index contributed by atoms with van der Waals surface area (Å²) in [5, 5.41) is 0. The van der Waals surface area contributed by atoms with E-state index in [1.54, 1.807) is 0 Å². The minimum Gasteiger partial charge on any atom is -0.331 e. The number of ether oxygens (including phenoxy) is 2. The van der Waals surface area contributed by atoms with E-state index in [-0.39, 0.29) is 0 Å². The first kappa shape index (κ1) is 8.44. The SMILES string of the molecule is COC1OOC2(CCCCC2)O1. The number of hydrogen-bond acceptors (Lipinski definition) is 4. The average Bonchev–Trinajstić information content (AvgIpc) is 2.50. The lowest BCUT2D eigenvalue weighted by atomic mass is 9.94. The van der Waals surface area contributed by atoms with Crippen molar-refractivity contribution in [2.45, 2.75) is 44.4 Å².